The molecule has 4 atom stereocenters. The number of hydrogen-bond acceptors (Lipinski definition) is 5. The van der Waals surface area contributed by atoms with Gasteiger partial charge in [0.1, 0.15) is 18.3 Å². The summed E-state index contributed by atoms with van der Waals surface area (Å²) in [5.74, 6) is 1.65. The van der Waals surface area contributed by atoms with E-state index in [0.29, 0.717) is 38.6 Å². The monoisotopic (exact) mass is 300 g/mol. The van der Waals surface area contributed by atoms with Crippen LogP contribution >= 0.6 is 0 Å². The van der Waals surface area contributed by atoms with Gasteiger partial charge >= 0.3 is 0 Å². The Bertz CT molecular complexity index is 316. The van der Waals surface area contributed by atoms with Crippen LogP contribution in [0.15, 0.2) is 0 Å². The first kappa shape index (κ1) is 15.7. The molecule has 1 N–H and O–H groups in total. The number of epoxide rings is 2. The lowest BCUT2D eigenvalue weighted by atomic mass is 9.80. The van der Waals surface area contributed by atoms with E-state index in [0.717, 1.165) is 11.8 Å². The highest BCUT2D eigenvalue weighted by atomic mass is 16.7. The Morgan fingerprint density at radius 3 is 2.43 bits per heavy atom. The molecule has 1 saturated carbocycles. The molecule has 21 heavy (non-hydrogen) atoms. The maximum Gasteiger partial charge on any atom is 0.115 e. The Hall–Kier alpha value is -0.200. The average molecular weight is 300 g/mol. The summed E-state index contributed by atoms with van der Waals surface area (Å²) in [6.07, 6.45) is 6.57. The summed E-state index contributed by atoms with van der Waals surface area (Å²) in [5, 5.41) is 8.57. The summed E-state index contributed by atoms with van der Waals surface area (Å²) in [6.45, 7) is 4.50. The maximum absolute atomic E-state index is 8.57. The van der Waals surface area contributed by atoms with Crippen LogP contribution in [0.2, 0.25) is 0 Å². The third-order valence-corrected chi connectivity index (χ3v) is 4.92. The second-order valence-electron chi connectivity index (χ2n) is 6.64. The van der Waals surface area contributed by atoms with Gasteiger partial charge in [0.25, 0.3) is 0 Å². The third kappa shape index (κ3) is 4.39. The predicted molar refractivity (Wildman–Crippen MR) is 77.2 cm³/mol. The van der Waals surface area contributed by atoms with Gasteiger partial charge in [0.2, 0.25) is 0 Å². The minimum atomic E-state index is 0.0637. The molecule has 3 rings (SSSR count). The zero-order chi connectivity index (χ0) is 14.7. The van der Waals surface area contributed by atoms with Crippen molar-refractivity contribution in [3.8, 4) is 0 Å². The molecule has 1 aliphatic carbocycles. The van der Waals surface area contributed by atoms with Crippen molar-refractivity contribution in [2.24, 2.45) is 11.8 Å². The van der Waals surface area contributed by atoms with Gasteiger partial charge in [-0.2, -0.15) is 0 Å². The molecule has 0 amide bonds. The lowest BCUT2D eigenvalue weighted by molar-refractivity contribution is 0.0287. The summed E-state index contributed by atoms with van der Waals surface area (Å²) < 4.78 is 22.2. The van der Waals surface area contributed by atoms with E-state index in [4.69, 9.17) is 24.1 Å². The second kappa shape index (κ2) is 7.38. The van der Waals surface area contributed by atoms with Gasteiger partial charge in [-0.05, 0) is 24.7 Å². The van der Waals surface area contributed by atoms with Crippen molar-refractivity contribution in [1.82, 2.24) is 0 Å². The molecular formula is C16H28O5. The predicted octanol–water partition coefficient (Wildman–Crippen LogP) is 1.37. The van der Waals surface area contributed by atoms with Crippen LogP contribution in [0.4, 0.5) is 0 Å². The fraction of sp³-hybridized carbons (Fsp3) is 1.00. The van der Waals surface area contributed by atoms with E-state index in [1.807, 2.05) is 0 Å². The third-order valence-electron chi connectivity index (χ3n) is 4.92. The molecular weight excluding hydrogens is 272 g/mol. The SMILES string of the molecule is CC1CCC(C2OC2C2OC2COCCOCCO)CC1. The van der Waals surface area contributed by atoms with Crippen LogP contribution < -0.4 is 0 Å². The molecule has 122 valence electrons. The number of aliphatic hydroxyl groups excluding tert-OH is 1. The van der Waals surface area contributed by atoms with Gasteiger partial charge in [0.05, 0.1) is 39.1 Å². The van der Waals surface area contributed by atoms with Crippen molar-refractivity contribution in [3.63, 3.8) is 0 Å². The fourth-order valence-corrected chi connectivity index (χ4v) is 3.46. The Balaban J connectivity index is 1.24. The number of aliphatic hydroxyl groups is 1. The molecule has 0 aromatic carbocycles. The van der Waals surface area contributed by atoms with Gasteiger partial charge in [0.15, 0.2) is 0 Å². The van der Waals surface area contributed by atoms with Crippen molar-refractivity contribution in [3.05, 3.63) is 0 Å². The molecule has 0 radical (unpaired) electrons. The second-order valence-corrected chi connectivity index (χ2v) is 6.64. The molecule has 4 unspecified atom stereocenters. The van der Waals surface area contributed by atoms with Crippen molar-refractivity contribution < 1.29 is 24.1 Å². The largest absolute Gasteiger partial charge is 0.394 e. The van der Waals surface area contributed by atoms with E-state index in [9.17, 15) is 0 Å². The molecule has 0 spiro atoms. The highest BCUT2D eigenvalue weighted by molar-refractivity contribution is 5.05. The van der Waals surface area contributed by atoms with Crippen LogP contribution in [-0.2, 0) is 18.9 Å². The van der Waals surface area contributed by atoms with Gasteiger partial charge in [-0.3, -0.25) is 0 Å². The highest BCUT2D eigenvalue weighted by Gasteiger charge is 2.59. The van der Waals surface area contributed by atoms with E-state index in [-0.39, 0.29) is 18.8 Å². The lowest BCUT2D eigenvalue weighted by Crippen LogP contribution is -2.21. The molecule has 3 aliphatic rings. The Morgan fingerprint density at radius 1 is 0.905 bits per heavy atom. The first-order chi connectivity index (χ1) is 10.3. The van der Waals surface area contributed by atoms with Gasteiger partial charge in [-0.1, -0.05) is 19.8 Å². The van der Waals surface area contributed by atoms with E-state index in [2.05, 4.69) is 6.92 Å². The molecule has 5 heteroatoms. The van der Waals surface area contributed by atoms with Crippen LogP contribution in [0.3, 0.4) is 0 Å². The zero-order valence-corrected chi connectivity index (χ0v) is 12.9. The zero-order valence-electron chi connectivity index (χ0n) is 12.9. The standard InChI is InChI=1S/C16H28O5/c1-11-2-4-12(5-3-11)14-16(21-14)15-13(20-15)10-19-9-8-18-7-6-17/h11-17H,2-10H2,1H3. The minimum Gasteiger partial charge on any atom is -0.394 e. The van der Waals surface area contributed by atoms with Crippen molar-refractivity contribution in [1.29, 1.82) is 0 Å². The van der Waals surface area contributed by atoms with Crippen LogP contribution in [0.5, 0.6) is 0 Å². The summed E-state index contributed by atoms with van der Waals surface area (Å²) in [5.41, 5.74) is 0. The molecule has 0 aromatic heterocycles. The van der Waals surface area contributed by atoms with Gasteiger partial charge < -0.3 is 24.1 Å². The summed E-state index contributed by atoms with van der Waals surface area (Å²) >= 11 is 0. The molecule has 5 nitrogen and oxygen atoms in total. The van der Waals surface area contributed by atoms with Crippen LogP contribution in [0, 0.1) is 11.8 Å². The first-order valence-corrected chi connectivity index (χ1v) is 8.37. The smallest absolute Gasteiger partial charge is 0.115 e. The molecule has 0 bridgehead atoms. The van der Waals surface area contributed by atoms with E-state index in [1.54, 1.807) is 0 Å². The van der Waals surface area contributed by atoms with Crippen LogP contribution in [-0.4, -0.2) is 62.6 Å². The van der Waals surface area contributed by atoms with E-state index >= 15 is 0 Å². The molecule has 2 heterocycles. The molecule has 0 aromatic rings. The van der Waals surface area contributed by atoms with Crippen molar-refractivity contribution in [2.45, 2.75) is 57.0 Å². The van der Waals surface area contributed by atoms with Crippen molar-refractivity contribution in [2.75, 3.05) is 33.0 Å². The highest BCUT2D eigenvalue weighted by Crippen LogP contribution is 2.46. The van der Waals surface area contributed by atoms with Crippen molar-refractivity contribution >= 4 is 0 Å². The van der Waals surface area contributed by atoms with Crippen LogP contribution in [0.25, 0.3) is 0 Å². The molecule has 2 saturated heterocycles. The maximum atomic E-state index is 8.57. The van der Waals surface area contributed by atoms with Gasteiger partial charge in [0, 0.05) is 0 Å². The average Bonchev–Trinajstić information content (AvgIpc) is 3.36. The van der Waals surface area contributed by atoms with Gasteiger partial charge in [-0.25, -0.2) is 0 Å². The number of rotatable bonds is 9. The lowest BCUT2D eigenvalue weighted by Gasteiger charge is -2.24. The topological polar surface area (TPSA) is 63.8 Å². The quantitative estimate of drug-likeness (QED) is 0.515. The minimum absolute atomic E-state index is 0.0637. The summed E-state index contributed by atoms with van der Waals surface area (Å²) in [6, 6.07) is 0. The van der Waals surface area contributed by atoms with E-state index < -0.39 is 0 Å². The fourth-order valence-electron chi connectivity index (χ4n) is 3.46. The summed E-state index contributed by atoms with van der Waals surface area (Å²) in [7, 11) is 0. The first-order valence-electron chi connectivity index (χ1n) is 8.37. The Labute approximate surface area is 126 Å². The summed E-state index contributed by atoms with van der Waals surface area (Å²) in [4.78, 5) is 0. The Morgan fingerprint density at radius 2 is 1.67 bits per heavy atom. The van der Waals surface area contributed by atoms with E-state index in [1.165, 1.54) is 25.7 Å². The normalized spacial score (nSPS) is 42.0. The number of hydrogen-bond donors (Lipinski definition) is 1. The molecule has 2 aliphatic heterocycles. The number of ether oxygens (including phenoxy) is 4. The Kier molecular flexibility index (Phi) is 5.51. The van der Waals surface area contributed by atoms with Gasteiger partial charge in [-0.15, -0.1) is 0 Å². The van der Waals surface area contributed by atoms with Crippen LogP contribution in [0.1, 0.15) is 32.6 Å². The molecule has 3 fully saturated rings.